The van der Waals surface area contributed by atoms with Gasteiger partial charge in [0.05, 0.1) is 17.6 Å². The molecule has 2 heterocycles. The lowest BCUT2D eigenvalue weighted by Crippen LogP contribution is -2.21. The number of primary amides is 2. The van der Waals surface area contributed by atoms with Gasteiger partial charge in [-0.1, -0.05) is 6.07 Å². The number of amides is 2. The van der Waals surface area contributed by atoms with Crippen molar-refractivity contribution in [1.82, 2.24) is 14.8 Å². The third-order valence-electron chi connectivity index (χ3n) is 5.49. The number of rotatable bonds is 5. The first kappa shape index (κ1) is 24.7. The van der Waals surface area contributed by atoms with Crippen LogP contribution in [-0.4, -0.2) is 26.6 Å². The molecular weight excluding hydrogens is 492 g/mol. The summed E-state index contributed by atoms with van der Waals surface area (Å²) in [5, 5.41) is 3.42. The van der Waals surface area contributed by atoms with Crippen molar-refractivity contribution < 1.29 is 35.9 Å². The van der Waals surface area contributed by atoms with Crippen molar-refractivity contribution in [3.8, 4) is 11.1 Å². The van der Waals surface area contributed by atoms with Crippen LogP contribution in [-0.2, 0) is 12.7 Å². The molecule has 13 heteroatoms. The van der Waals surface area contributed by atoms with Gasteiger partial charge in [-0.25, -0.2) is 18.2 Å². The normalized spacial score (nSPS) is 11.8. The van der Waals surface area contributed by atoms with Crippen molar-refractivity contribution in [2.45, 2.75) is 19.6 Å². The molecule has 0 bridgehead atoms. The maximum atomic E-state index is 14.2. The first-order valence-electron chi connectivity index (χ1n) is 10.1. The summed E-state index contributed by atoms with van der Waals surface area (Å²) in [5.74, 6) is -5.26. The Labute approximate surface area is 198 Å². The summed E-state index contributed by atoms with van der Waals surface area (Å²) >= 11 is 0. The molecule has 0 fully saturated rings. The Morgan fingerprint density at radius 3 is 2.17 bits per heavy atom. The second-order valence-corrected chi connectivity index (χ2v) is 7.80. The van der Waals surface area contributed by atoms with Crippen molar-refractivity contribution in [1.29, 1.82) is 0 Å². The number of hydrogen-bond donors (Lipinski definition) is 2. The summed E-state index contributed by atoms with van der Waals surface area (Å²) in [6, 6.07) is 5.38. The van der Waals surface area contributed by atoms with Crippen LogP contribution >= 0.6 is 0 Å². The second-order valence-electron chi connectivity index (χ2n) is 7.80. The van der Waals surface area contributed by atoms with Crippen molar-refractivity contribution >= 4 is 22.7 Å². The molecule has 7 nitrogen and oxygen atoms in total. The smallest absolute Gasteiger partial charge is 0.366 e. The Morgan fingerprint density at radius 1 is 0.944 bits per heavy atom. The Kier molecular flexibility index (Phi) is 5.94. The highest BCUT2D eigenvalue weighted by Gasteiger charge is 2.41. The fourth-order valence-electron chi connectivity index (χ4n) is 3.92. The number of nitrogens with zero attached hydrogens (tertiary/aromatic N) is 3. The van der Waals surface area contributed by atoms with Gasteiger partial charge in [-0.3, -0.25) is 14.3 Å². The highest BCUT2D eigenvalue weighted by molar-refractivity contribution is 6.15. The van der Waals surface area contributed by atoms with Crippen LogP contribution in [0.3, 0.4) is 0 Å². The molecule has 0 spiro atoms. The zero-order valence-corrected chi connectivity index (χ0v) is 18.3. The van der Waals surface area contributed by atoms with Gasteiger partial charge in [-0.15, -0.1) is 0 Å². The topological polar surface area (TPSA) is 117 Å². The molecular formula is C23H15F6N5O2. The van der Waals surface area contributed by atoms with E-state index in [1.165, 1.54) is 6.92 Å². The predicted molar refractivity (Wildman–Crippen MR) is 115 cm³/mol. The van der Waals surface area contributed by atoms with Gasteiger partial charge >= 0.3 is 6.18 Å². The Balaban J connectivity index is 2.10. The largest absolute Gasteiger partial charge is 0.435 e. The van der Waals surface area contributed by atoms with Crippen LogP contribution in [0.5, 0.6) is 0 Å². The van der Waals surface area contributed by atoms with E-state index in [2.05, 4.69) is 10.1 Å². The zero-order chi connectivity index (χ0) is 26.5. The van der Waals surface area contributed by atoms with Crippen LogP contribution < -0.4 is 11.5 Å². The number of hydrogen-bond acceptors (Lipinski definition) is 4. The summed E-state index contributed by atoms with van der Waals surface area (Å²) in [6.45, 7) is 0.633. The summed E-state index contributed by atoms with van der Waals surface area (Å²) in [6.07, 6.45) is -5.12. The van der Waals surface area contributed by atoms with Gasteiger partial charge < -0.3 is 11.5 Å². The minimum atomic E-state index is -5.12. The summed E-state index contributed by atoms with van der Waals surface area (Å²) < 4.78 is 84.4. The number of carbonyl (C=O) groups is 2. The first-order chi connectivity index (χ1) is 16.8. The molecule has 4 aromatic rings. The number of carbonyl (C=O) groups excluding carboxylic acids is 2. The van der Waals surface area contributed by atoms with E-state index in [1.807, 2.05) is 0 Å². The molecule has 0 saturated heterocycles. The van der Waals surface area contributed by atoms with Crippen molar-refractivity contribution in [3.05, 3.63) is 82.1 Å². The Bertz CT molecular complexity index is 1560. The van der Waals surface area contributed by atoms with E-state index >= 15 is 0 Å². The van der Waals surface area contributed by atoms with Gasteiger partial charge in [-0.05, 0) is 25.1 Å². The quantitative estimate of drug-likeness (QED) is 0.396. The molecule has 0 aliphatic heterocycles. The number of fused-ring (bicyclic) bond motifs is 1. The summed E-state index contributed by atoms with van der Waals surface area (Å²) in [4.78, 5) is 28.6. The minimum absolute atomic E-state index is 0.131. The summed E-state index contributed by atoms with van der Waals surface area (Å²) in [7, 11) is 0. The van der Waals surface area contributed by atoms with Gasteiger partial charge in [0.25, 0.3) is 5.91 Å². The lowest BCUT2D eigenvalue weighted by Gasteiger charge is -2.16. The molecule has 0 atom stereocenters. The molecule has 0 aliphatic rings. The number of nitrogens with two attached hydrogens (primary N) is 2. The van der Waals surface area contributed by atoms with Crippen LogP contribution in [0.1, 0.15) is 37.8 Å². The molecule has 0 aliphatic carbocycles. The van der Waals surface area contributed by atoms with E-state index in [4.69, 9.17) is 11.5 Å². The van der Waals surface area contributed by atoms with Gasteiger partial charge in [-0.2, -0.15) is 18.3 Å². The molecule has 2 aromatic heterocycles. The second kappa shape index (κ2) is 8.66. The molecule has 36 heavy (non-hydrogen) atoms. The van der Waals surface area contributed by atoms with E-state index in [-0.39, 0.29) is 22.2 Å². The average molecular weight is 507 g/mol. The fourth-order valence-corrected chi connectivity index (χ4v) is 3.92. The van der Waals surface area contributed by atoms with E-state index in [0.29, 0.717) is 6.07 Å². The van der Waals surface area contributed by atoms with Gasteiger partial charge in [0.15, 0.2) is 5.69 Å². The molecule has 0 radical (unpaired) electrons. The highest BCUT2D eigenvalue weighted by atomic mass is 19.4. The number of aromatic nitrogens is 3. The standard InChI is InChI=1S/C23H15F6N5O2/c1-9-16(20(23(27,28)29)33-34(9)8-10-2-3-11(24)6-14(10)26)18-17(21(30)35)13-5-4-12(25)7-15(13)32-19(18)22(31)36/h2-7H,8H2,1H3,(H2,30,35)(H2,31,36). The first-order valence-corrected chi connectivity index (χ1v) is 10.1. The SMILES string of the molecule is Cc1c(-c2c(C(N)=O)nc3cc(F)ccc3c2C(N)=O)c(C(F)(F)F)nn1Cc1ccc(F)cc1F. The van der Waals surface area contributed by atoms with Crippen molar-refractivity contribution in [2.24, 2.45) is 11.5 Å². The molecule has 2 amide bonds. The monoisotopic (exact) mass is 507 g/mol. The van der Waals surface area contributed by atoms with Crippen LogP contribution in [0, 0.1) is 24.4 Å². The zero-order valence-electron chi connectivity index (χ0n) is 18.3. The maximum absolute atomic E-state index is 14.2. The van der Waals surface area contributed by atoms with Crippen molar-refractivity contribution in [3.63, 3.8) is 0 Å². The van der Waals surface area contributed by atoms with E-state index < -0.39 is 70.1 Å². The molecule has 0 saturated carbocycles. The number of halogens is 6. The lowest BCUT2D eigenvalue weighted by atomic mass is 9.92. The molecule has 2 aromatic carbocycles. The third kappa shape index (κ3) is 4.23. The van der Waals surface area contributed by atoms with E-state index in [0.717, 1.165) is 35.0 Å². The van der Waals surface area contributed by atoms with E-state index in [1.54, 1.807) is 0 Å². The van der Waals surface area contributed by atoms with Crippen LogP contribution in [0.2, 0.25) is 0 Å². The Morgan fingerprint density at radius 2 is 1.58 bits per heavy atom. The number of pyridine rings is 1. The van der Waals surface area contributed by atoms with Crippen molar-refractivity contribution in [2.75, 3.05) is 0 Å². The van der Waals surface area contributed by atoms with Crippen LogP contribution in [0.4, 0.5) is 26.3 Å². The van der Waals surface area contributed by atoms with Crippen LogP contribution in [0.25, 0.3) is 22.0 Å². The fraction of sp³-hybridized carbons (Fsp3) is 0.130. The number of alkyl halides is 3. The molecule has 4 N–H and O–H groups in total. The third-order valence-corrected chi connectivity index (χ3v) is 5.49. The molecule has 0 unspecified atom stereocenters. The minimum Gasteiger partial charge on any atom is -0.366 e. The maximum Gasteiger partial charge on any atom is 0.435 e. The van der Waals surface area contributed by atoms with Gasteiger partial charge in [0.1, 0.15) is 23.1 Å². The average Bonchev–Trinajstić information content (AvgIpc) is 3.10. The lowest BCUT2D eigenvalue weighted by molar-refractivity contribution is -0.141. The summed E-state index contributed by atoms with van der Waals surface area (Å²) in [5.41, 5.74) is 5.94. The number of benzene rings is 2. The van der Waals surface area contributed by atoms with Crippen LogP contribution in [0.15, 0.2) is 36.4 Å². The highest BCUT2D eigenvalue weighted by Crippen LogP contribution is 2.42. The predicted octanol–water partition coefficient (Wildman–Crippen LogP) is 4.09. The molecule has 186 valence electrons. The molecule has 4 rings (SSSR count). The Hall–Kier alpha value is -4.42. The van der Waals surface area contributed by atoms with Gasteiger partial charge in [0, 0.05) is 39.9 Å². The van der Waals surface area contributed by atoms with Gasteiger partial charge in [0.2, 0.25) is 5.91 Å². The van der Waals surface area contributed by atoms with E-state index in [9.17, 15) is 35.9 Å².